The van der Waals surface area contributed by atoms with Crippen LogP contribution in [-0.2, 0) is 14.8 Å². The first-order valence-corrected chi connectivity index (χ1v) is 15.9. The van der Waals surface area contributed by atoms with Gasteiger partial charge in [0.05, 0.1) is 9.10 Å². The van der Waals surface area contributed by atoms with Crippen molar-refractivity contribution >= 4 is 44.8 Å². The second-order valence-corrected chi connectivity index (χ2v) is 13.4. The Labute approximate surface area is 227 Å². The summed E-state index contributed by atoms with van der Waals surface area (Å²) in [5.41, 5.74) is 1.70. The molecule has 0 bridgehead atoms. The lowest BCUT2D eigenvalue weighted by Crippen LogP contribution is -2.23. The summed E-state index contributed by atoms with van der Waals surface area (Å²) in [4.78, 5) is 29.7. The Balaban J connectivity index is 1.66. The van der Waals surface area contributed by atoms with Crippen molar-refractivity contribution in [1.82, 2.24) is 14.9 Å². The van der Waals surface area contributed by atoms with Crippen molar-refractivity contribution in [2.24, 2.45) is 0 Å². The minimum atomic E-state index is -3.90. The molecule has 0 unspecified atom stereocenters. The number of sulfonamides is 1. The molecule has 11 heteroatoms. The monoisotopic (exact) mass is 564 g/mol. The zero-order chi connectivity index (χ0) is 27.0. The summed E-state index contributed by atoms with van der Waals surface area (Å²) in [6, 6.07) is 6.53. The number of fused-ring (bicyclic) bond motifs is 1. The number of thioether (sulfide) groups is 1. The number of imidazole rings is 1. The van der Waals surface area contributed by atoms with Gasteiger partial charge in [0.1, 0.15) is 5.69 Å². The van der Waals surface area contributed by atoms with E-state index in [0.717, 1.165) is 64.6 Å². The predicted octanol–water partition coefficient (Wildman–Crippen LogP) is 5.42. The lowest BCUT2D eigenvalue weighted by atomic mass is 10.2. The van der Waals surface area contributed by atoms with Crippen LogP contribution in [0, 0.1) is 20.8 Å². The molecule has 0 saturated carbocycles. The molecule has 202 valence electrons. The SMILES string of the molecule is CCCCCC(=O)NCCCCCSc1sc(C)c(C)n2c(=O)nc(NS(=O)(=O)c3ccc(C)cc3)c1-2. The first-order chi connectivity index (χ1) is 17.6. The highest BCUT2D eigenvalue weighted by atomic mass is 32.2. The molecule has 1 aromatic carbocycles. The van der Waals surface area contributed by atoms with Gasteiger partial charge in [-0.25, -0.2) is 13.2 Å². The van der Waals surface area contributed by atoms with Gasteiger partial charge < -0.3 is 5.32 Å². The van der Waals surface area contributed by atoms with Crippen LogP contribution in [0.15, 0.2) is 38.2 Å². The molecule has 0 aliphatic carbocycles. The van der Waals surface area contributed by atoms with Crippen molar-refractivity contribution in [2.45, 2.75) is 81.7 Å². The van der Waals surface area contributed by atoms with Crippen molar-refractivity contribution < 1.29 is 13.2 Å². The Kier molecular flexibility index (Phi) is 10.6. The summed E-state index contributed by atoms with van der Waals surface area (Å²) in [5.74, 6) is 0.984. The second-order valence-electron chi connectivity index (χ2n) is 9.09. The Morgan fingerprint density at radius 1 is 1.05 bits per heavy atom. The van der Waals surface area contributed by atoms with Gasteiger partial charge in [-0.3, -0.25) is 14.1 Å². The van der Waals surface area contributed by atoms with Crippen molar-refractivity contribution in [3.05, 3.63) is 50.9 Å². The maximum absolute atomic E-state index is 13.0. The number of hydrogen-bond acceptors (Lipinski definition) is 7. The molecule has 0 saturated heterocycles. The number of unbranched alkanes of at least 4 members (excludes halogenated alkanes) is 4. The molecule has 0 aromatic heterocycles. The molecule has 3 rings (SSSR count). The van der Waals surface area contributed by atoms with Crippen LogP contribution in [0.2, 0.25) is 0 Å². The van der Waals surface area contributed by atoms with E-state index in [0.29, 0.717) is 18.7 Å². The van der Waals surface area contributed by atoms with E-state index in [1.54, 1.807) is 23.9 Å². The van der Waals surface area contributed by atoms with Crippen molar-refractivity contribution in [3.8, 4) is 5.69 Å². The van der Waals surface area contributed by atoms with Crippen molar-refractivity contribution in [2.75, 3.05) is 17.0 Å². The van der Waals surface area contributed by atoms with Crippen LogP contribution >= 0.6 is 23.1 Å². The Bertz CT molecular complexity index is 1330. The number of carbonyl (C=O) groups is 1. The van der Waals surface area contributed by atoms with Gasteiger partial charge in [-0.2, -0.15) is 4.98 Å². The summed E-state index contributed by atoms with van der Waals surface area (Å²) < 4.78 is 30.9. The number of nitrogens with one attached hydrogen (secondary N) is 2. The predicted molar refractivity (Wildman–Crippen MR) is 152 cm³/mol. The van der Waals surface area contributed by atoms with E-state index in [1.165, 1.54) is 28.0 Å². The summed E-state index contributed by atoms with van der Waals surface area (Å²) in [5, 5.41) is 2.98. The molecule has 1 aromatic rings. The summed E-state index contributed by atoms with van der Waals surface area (Å²) >= 11 is 3.14. The standard InChI is InChI=1S/C26H36N4O4S3/c1-5-6-8-11-22(31)27-16-9-7-10-17-35-25-23-24(28-26(32)30(23)19(3)20(4)36-25)29-37(33,34)21-14-12-18(2)13-15-21/h12-15H,5-11,16-17H2,1-4H3,(H,27,31)(H,28,29,32). The summed E-state index contributed by atoms with van der Waals surface area (Å²) in [6.45, 7) is 8.47. The average molecular weight is 565 g/mol. The number of hydrogen-bond donors (Lipinski definition) is 2. The fourth-order valence-electron chi connectivity index (χ4n) is 3.81. The van der Waals surface area contributed by atoms with Gasteiger partial charge in [-0.15, -0.1) is 23.1 Å². The van der Waals surface area contributed by atoms with Crippen LogP contribution in [0.5, 0.6) is 0 Å². The maximum Gasteiger partial charge on any atom is 0.354 e. The molecule has 2 N–H and O–H groups in total. The minimum absolute atomic E-state index is 0.0539. The fourth-order valence-corrected chi connectivity index (χ4v) is 7.34. The molecule has 0 atom stereocenters. The summed E-state index contributed by atoms with van der Waals surface area (Å²) in [7, 11) is -3.90. The first-order valence-electron chi connectivity index (χ1n) is 12.7. The number of carbonyl (C=O) groups excluding carboxylic acids is 1. The molecule has 37 heavy (non-hydrogen) atoms. The van der Waals surface area contributed by atoms with E-state index in [-0.39, 0.29) is 16.6 Å². The highest BCUT2D eigenvalue weighted by Gasteiger charge is 2.26. The molecule has 1 amide bonds. The minimum Gasteiger partial charge on any atom is -0.356 e. The molecule has 2 aliphatic rings. The molecule has 2 aliphatic heterocycles. The largest absolute Gasteiger partial charge is 0.356 e. The number of nitrogens with zero attached hydrogens (tertiary/aromatic N) is 2. The third-order valence-corrected chi connectivity index (χ3v) is 9.96. The van der Waals surface area contributed by atoms with Crippen LogP contribution < -0.4 is 15.7 Å². The number of amides is 1. The third-order valence-electron chi connectivity index (χ3n) is 6.08. The summed E-state index contributed by atoms with van der Waals surface area (Å²) in [6.07, 6.45) is 6.53. The van der Waals surface area contributed by atoms with Gasteiger partial charge >= 0.3 is 5.69 Å². The number of aromatic nitrogens is 2. The molecule has 8 nitrogen and oxygen atoms in total. The van der Waals surface area contributed by atoms with Crippen LogP contribution in [0.4, 0.5) is 5.82 Å². The van der Waals surface area contributed by atoms with Gasteiger partial charge in [0.2, 0.25) is 5.91 Å². The zero-order valence-electron chi connectivity index (χ0n) is 21.9. The lowest BCUT2D eigenvalue weighted by Gasteiger charge is -2.16. The third kappa shape index (κ3) is 7.81. The zero-order valence-corrected chi connectivity index (χ0v) is 24.4. The fraction of sp³-hybridized carbons (Fsp3) is 0.500. The van der Waals surface area contributed by atoms with E-state index in [4.69, 9.17) is 0 Å². The molecule has 0 spiro atoms. The van der Waals surface area contributed by atoms with E-state index in [2.05, 4.69) is 21.9 Å². The van der Waals surface area contributed by atoms with Crippen molar-refractivity contribution in [3.63, 3.8) is 0 Å². The lowest BCUT2D eigenvalue weighted by molar-refractivity contribution is -0.121. The number of rotatable bonds is 14. The quantitative estimate of drug-likeness (QED) is 0.200. The smallest absolute Gasteiger partial charge is 0.354 e. The number of aryl methyl sites for hydroxylation is 2. The van der Waals surface area contributed by atoms with Crippen LogP contribution in [0.25, 0.3) is 5.69 Å². The molecular formula is C26H36N4O4S3. The van der Waals surface area contributed by atoms with Crippen LogP contribution in [0.1, 0.15) is 68.0 Å². The van der Waals surface area contributed by atoms with Crippen LogP contribution in [0.3, 0.4) is 0 Å². The van der Waals surface area contributed by atoms with E-state index in [9.17, 15) is 18.0 Å². The topological polar surface area (TPSA) is 110 Å². The second kappa shape index (κ2) is 13.4. The van der Waals surface area contributed by atoms with E-state index in [1.807, 2.05) is 20.8 Å². The van der Waals surface area contributed by atoms with E-state index >= 15 is 0 Å². The van der Waals surface area contributed by atoms with Gasteiger partial charge in [0, 0.05) is 23.5 Å². The van der Waals surface area contributed by atoms with Gasteiger partial charge in [0.25, 0.3) is 10.0 Å². The number of anilines is 1. The van der Waals surface area contributed by atoms with Gasteiger partial charge in [0.15, 0.2) is 5.82 Å². The highest BCUT2D eigenvalue weighted by Crippen LogP contribution is 2.38. The normalized spacial score (nSPS) is 11.7. The van der Waals surface area contributed by atoms with Gasteiger partial charge in [-0.05, 0) is 57.9 Å². The number of benzene rings is 1. The average Bonchev–Trinajstić information content (AvgIpc) is 3.17. The van der Waals surface area contributed by atoms with E-state index < -0.39 is 15.7 Å². The molecule has 0 fully saturated rings. The Hall–Kier alpha value is -2.37. The Morgan fingerprint density at radius 2 is 1.78 bits per heavy atom. The first kappa shape index (κ1) is 29.2. The van der Waals surface area contributed by atoms with Crippen LogP contribution in [-0.4, -0.2) is 36.2 Å². The van der Waals surface area contributed by atoms with Gasteiger partial charge in [-0.1, -0.05) is 43.9 Å². The molecule has 0 radical (unpaired) electrons. The molecule has 2 heterocycles. The van der Waals surface area contributed by atoms with Crippen molar-refractivity contribution in [1.29, 1.82) is 0 Å². The Morgan fingerprint density at radius 3 is 2.49 bits per heavy atom. The highest BCUT2D eigenvalue weighted by molar-refractivity contribution is 8.01. The maximum atomic E-state index is 13.0. The molecular weight excluding hydrogens is 529 g/mol.